The molecule has 0 radical (unpaired) electrons. The van der Waals surface area contributed by atoms with Gasteiger partial charge < -0.3 is 15.0 Å². The van der Waals surface area contributed by atoms with E-state index in [2.05, 4.69) is 20.3 Å². The number of amides is 1. The molecule has 2 heterocycles. The van der Waals surface area contributed by atoms with E-state index in [4.69, 9.17) is 4.74 Å². The highest BCUT2D eigenvalue weighted by Crippen LogP contribution is 2.29. The number of rotatable bonds is 6. The van der Waals surface area contributed by atoms with E-state index in [-0.39, 0.29) is 24.3 Å². The highest BCUT2D eigenvalue weighted by Gasteiger charge is 2.11. The fourth-order valence-corrected chi connectivity index (χ4v) is 3.78. The second-order valence-corrected chi connectivity index (χ2v) is 7.19. The molecule has 0 spiro atoms. The number of anilines is 1. The zero-order valence-corrected chi connectivity index (χ0v) is 16.0. The van der Waals surface area contributed by atoms with Crippen LogP contribution < -0.4 is 15.6 Å². The minimum absolute atomic E-state index is 0.147. The molecule has 2 N–H and O–H groups in total. The topological polar surface area (TPSA) is 97.0 Å². The fraction of sp³-hybridized carbons (Fsp3) is 0.200. The van der Waals surface area contributed by atoms with Gasteiger partial charge in [0.25, 0.3) is 5.56 Å². The molecule has 0 aliphatic heterocycles. The smallest absolute Gasteiger partial charge is 0.270 e. The molecule has 7 nitrogen and oxygen atoms in total. The molecule has 4 aromatic rings. The van der Waals surface area contributed by atoms with Crippen molar-refractivity contribution in [2.75, 3.05) is 11.9 Å². The Bertz CT molecular complexity index is 1220. The molecule has 1 amide bonds. The molecule has 0 unspecified atom stereocenters. The molecule has 0 aliphatic rings. The van der Waals surface area contributed by atoms with Crippen molar-refractivity contribution in [1.29, 1.82) is 0 Å². The van der Waals surface area contributed by atoms with Crippen LogP contribution in [0.1, 0.15) is 19.0 Å². The van der Waals surface area contributed by atoms with Crippen LogP contribution in [0.4, 0.5) is 5.13 Å². The Morgan fingerprint density at radius 1 is 1.18 bits per heavy atom. The summed E-state index contributed by atoms with van der Waals surface area (Å²) < 4.78 is 6.42. The van der Waals surface area contributed by atoms with E-state index >= 15 is 0 Å². The van der Waals surface area contributed by atoms with Gasteiger partial charge in [0, 0.05) is 12.8 Å². The van der Waals surface area contributed by atoms with Crippen molar-refractivity contribution in [3.05, 3.63) is 58.5 Å². The Balaban J connectivity index is 1.44. The highest BCUT2D eigenvalue weighted by atomic mass is 32.1. The molecule has 0 saturated carbocycles. The first-order valence-corrected chi connectivity index (χ1v) is 9.75. The average molecular weight is 394 g/mol. The lowest BCUT2D eigenvalue weighted by atomic mass is 10.2. The van der Waals surface area contributed by atoms with Crippen LogP contribution >= 0.6 is 11.3 Å². The largest absolute Gasteiger partial charge is 0.494 e. The Kier molecular flexibility index (Phi) is 5.03. The first-order chi connectivity index (χ1) is 13.6. The monoisotopic (exact) mass is 394 g/mol. The van der Waals surface area contributed by atoms with E-state index in [0.29, 0.717) is 28.5 Å². The highest BCUT2D eigenvalue weighted by molar-refractivity contribution is 7.22. The number of nitrogens with one attached hydrogen (secondary N) is 2. The molecular weight excluding hydrogens is 376 g/mol. The maximum Gasteiger partial charge on any atom is 0.270 e. The third kappa shape index (κ3) is 3.86. The predicted octanol–water partition coefficient (Wildman–Crippen LogP) is 3.50. The number of aromatic amines is 1. The van der Waals surface area contributed by atoms with E-state index < -0.39 is 0 Å². The van der Waals surface area contributed by atoms with Gasteiger partial charge >= 0.3 is 0 Å². The number of nitrogens with zero attached hydrogens (tertiary/aromatic N) is 2. The van der Waals surface area contributed by atoms with Crippen LogP contribution in [0.5, 0.6) is 5.75 Å². The number of hydrogen-bond donors (Lipinski definition) is 2. The molecule has 0 bridgehead atoms. The van der Waals surface area contributed by atoms with Crippen molar-refractivity contribution >= 4 is 43.6 Å². The average Bonchev–Trinajstić information content (AvgIpc) is 3.08. The molecule has 142 valence electrons. The van der Waals surface area contributed by atoms with Gasteiger partial charge in [0.15, 0.2) is 5.13 Å². The Labute approximate surface area is 164 Å². The number of carbonyl (C=O) groups excluding carboxylic acids is 1. The van der Waals surface area contributed by atoms with Crippen LogP contribution in [0, 0.1) is 0 Å². The number of fused-ring (bicyclic) bond motifs is 2. The van der Waals surface area contributed by atoms with Gasteiger partial charge in [-0.3, -0.25) is 9.59 Å². The Morgan fingerprint density at radius 2 is 2.04 bits per heavy atom. The summed E-state index contributed by atoms with van der Waals surface area (Å²) in [5.74, 6) is 0.566. The zero-order chi connectivity index (χ0) is 19.5. The summed E-state index contributed by atoms with van der Waals surface area (Å²) in [5, 5.41) is 3.32. The summed E-state index contributed by atoms with van der Waals surface area (Å²) in [7, 11) is 0. The van der Waals surface area contributed by atoms with Gasteiger partial charge in [-0.15, -0.1) is 0 Å². The third-order valence-corrected chi connectivity index (χ3v) is 5.11. The molecule has 4 rings (SSSR count). The van der Waals surface area contributed by atoms with Gasteiger partial charge in [0.05, 0.1) is 27.9 Å². The van der Waals surface area contributed by atoms with Crippen LogP contribution in [-0.4, -0.2) is 27.5 Å². The van der Waals surface area contributed by atoms with Crippen molar-refractivity contribution in [2.45, 2.75) is 19.8 Å². The number of carbonyl (C=O) groups is 1. The summed E-state index contributed by atoms with van der Waals surface area (Å²) in [5.41, 5.74) is 2.27. The van der Waals surface area contributed by atoms with Crippen molar-refractivity contribution in [3.8, 4) is 5.75 Å². The van der Waals surface area contributed by atoms with E-state index in [1.54, 1.807) is 6.07 Å². The van der Waals surface area contributed by atoms with Crippen LogP contribution in [-0.2, 0) is 11.2 Å². The summed E-state index contributed by atoms with van der Waals surface area (Å²) in [6.45, 7) is 2.52. The number of aryl methyl sites for hydroxylation is 1. The van der Waals surface area contributed by atoms with E-state index in [0.717, 1.165) is 16.0 Å². The van der Waals surface area contributed by atoms with Crippen LogP contribution in [0.15, 0.2) is 47.3 Å². The second kappa shape index (κ2) is 7.77. The van der Waals surface area contributed by atoms with Crippen molar-refractivity contribution in [2.24, 2.45) is 0 Å². The standard InChI is InChI=1S/C20H18N4O3S/c1-2-27-12-7-8-15-17(11-12)28-20(23-15)24-18(25)10-9-16-19(26)22-14-6-4-3-5-13(14)21-16/h3-8,11H,2,9-10H2,1H3,(H,22,26)(H,23,24,25). The normalized spacial score (nSPS) is 11.0. The third-order valence-electron chi connectivity index (χ3n) is 4.18. The molecule has 2 aromatic heterocycles. The number of H-pyrrole nitrogens is 1. The van der Waals surface area contributed by atoms with Crippen LogP contribution in [0.25, 0.3) is 21.3 Å². The summed E-state index contributed by atoms with van der Waals surface area (Å²) in [6.07, 6.45) is 0.403. The first-order valence-electron chi connectivity index (χ1n) is 8.93. The predicted molar refractivity (Wildman–Crippen MR) is 110 cm³/mol. The number of para-hydroxylation sites is 2. The number of thiazole rings is 1. The van der Waals surface area contributed by atoms with Gasteiger partial charge in [-0.05, 0) is 37.3 Å². The number of hydrogen-bond acceptors (Lipinski definition) is 6. The van der Waals surface area contributed by atoms with Crippen molar-refractivity contribution in [3.63, 3.8) is 0 Å². The van der Waals surface area contributed by atoms with Gasteiger partial charge in [-0.2, -0.15) is 0 Å². The van der Waals surface area contributed by atoms with Crippen molar-refractivity contribution in [1.82, 2.24) is 15.0 Å². The van der Waals surface area contributed by atoms with E-state index in [9.17, 15) is 9.59 Å². The lowest BCUT2D eigenvalue weighted by molar-refractivity contribution is -0.116. The summed E-state index contributed by atoms with van der Waals surface area (Å²) in [6, 6.07) is 12.9. The minimum Gasteiger partial charge on any atom is -0.494 e. The molecule has 0 saturated heterocycles. The second-order valence-electron chi connectivity index (χ2n) is 6.16. The van der Waals surface area contributed by atoms with Crippen molar-refractivity contribution < 1.29 is 9.53 Å². The summed E-state index contributed by atoms with van der Waals surface area (Å²) >= 11 is 1.39. The lowest BCUT2D eigenvalue weighted by Gasteiger charge is -2.03. The molecule has 0 aliphatic carbocycles. The van der Waals surface area contributed by atoms with Gasteiger partial charge in [-0.1, -0.05) is 23.5 Å². The van der Waals surface area contributed by atoms with Gasteiger partial charge in [0.2, 0.25) is 5.91 Å². The van der Waals surface area contributed by atoms with E-state index in [1.807, 2.05) is 43.3 Å². The Hall–Kier alpha value is -3.26. The van der Waals surface area contributed by atoms with Gasteiger partial charge in [-0.25, -0.2) is 9.97 Å². The molecular formula is C20H18N4O3S. The quantitative estimate of drug-likeness (QED) is 0.522. The lowest BCUT2D eigenvalue weighted by Crippen LogP contribution is -2.18. The maximum absolute atomic E-state index is 12.3. The molecule has 8 heteroatoms. The molecule has 0 atom stereocenters. The van der Waals surface area contributed by atoms with E-state index in [1.165, 1.54) is 11.3 Å². The maximum atomic E-state index is 12.3. The number of benzene rings is 2. The Morgan fingerprint density at radius 3 is 2.89 bits per heavy atom. The number of ether oxygens (including phenoxy) is 1. The zero-order valence-electron chi connectivity index (χ0n) is 15.2. The molecule has 2 aromatic carbocycles. The fourth-order valence-electron chi connectivity index (χ4n) is 2.87. The SMILES string of the molecule is CCOc1ccc2nc(NC(=O)CCc3nc4ccccc4[nH]c3=O)sc2c1. The summed E-state index contributed by atoms with van der Waals surface area (Å²) in [4.78, 5) is 36.0. The molecule has 0 fully saturated rings. The minimum atomic E-state index is -0.269. The number of aromatic nitrogens is 3. The van der Waals surface area contributed by atoms with Gasteiger partial charge in [0.1, 0.15) is 11.4 Å². The van der Waals surface area contributed by atoms with Crippen LogP contribution in [0.3, 0.4) is 0 Å². The first kappa shape index (κ1) is 18.1. The molecule has 28 heavy (non-hydrogen) atoms. The van der Waals surface area contributed by atoms with Crippen LogP contribution in [0.2, 0.25) is 0 Å².